The van der Waals surface area contributed by atoms with Crippen LogP contribution >= 0.6 is 27.5 Å². The Labute approximate surface area is 144 Å². The van der Waals surface area contributed by atoms with Crippen LogP contribution in [0.1, 0.15) is 17.0 Å². The Kier molecular flexibility index (Phi) is 6.03. The fourth-order valence-electron chi connectivity index (χ4n) is 2.18. The zero-order valence-corrected chi connectivity index (χ0v) is 15.2. The Balaban J connectivity index is 2.25. The third-order valence-corrected chi connectivity index (χ3v) is 4.76. The molecule has 118 valence electrons. The van der Waals surface area contributed by atoms with Gasteiger partial charge in [-0.1, -0.05) is 57.9 Å². The van der Waals surface area contributed by atoms with Crippen LogP contribution in [-0.4, -0.2) is 21.3 Å². The second-order valence-electron chi connectivity index (χ2n) is 5.04. The SMILES string of the molecule is CS(=O)(=O)OC[C@@H](Cc1ccc(Cl)cc1)c1ccccc1Br. The van der Waals surface area contributed by atoms with Crippen molar-refractivity contribution in [2.75, 3.05) is 12.9 Å². The first-order valence-corrected chi connectivity index (χ1v) is 9.67. The summed E-state index contributed by atoms with van der Waals surface area (Å²) in [4.78, 5) is 0. The highest BCUT2D eigenvalue weighted by atomic mass is 79.9. The third kappa shape index (κ3) is 5.39. The van der Waals surface area contributed by atoms with E-state index < -0.39 is 10.1 Å². The van der Waals surface area contributed by atoms with Crippen molar-refractivity contribution < 1.29 is 12.6 Å². The quantitative estimate of drug-likeness (QED) is 0.671. The third-order valence-electron chi connectivity index (χ3n) is 3.22. The van der Waals surface area contributed by atoms with Gasteiger partial charge in [0.15, 0.2) is 0 Å². The van der Waals surface area contributed by atoms with Crippen molar-refractivity contribution in [1.82, 2.24) is 0 Å². The van der Waals surface area contributed by atoms with E-state index in [9.17, 15) is 8.42 Å². The Morgan fingerprint density at radius 3 is 2.36 bits per heavy atom. The van der Waals surface area contributed by atoms with Gasteiger partial charge in [0.05, 0.1) is 12.9 Å². The van der Waals surface area contributed by atoms with Crippen molar-refractivity contribution in [3.8, 4) is 0 Å². The smallest absolute Gasteiger partial charge is 0.264 e. The molecule has 22 heavy (non-hydrogen) atoms. The number of hydrogen-bond acceptors (Lipinski definition) is 3. The largest absolute Gasteiger partial charge is 0.270 e. The molecule has 0 spiro atoms. The van der Waals surface area contributed by atoms with Gasteiger partial charge in [-0.2, -0.15) is 8.42 Å². The van der Waals surface area contributed by atoms with Crippen molar-refractivity contribution >= 4 is 37.6 Å². The molecule has 0 saturated carbocycles. The summed E-state index contributed by atoms with van der Waals surface area (Å²) < 4.78 is 28.6. The Morgan fingerprint density at radius 2 is 1.77 bits per heavy atom. The molecule has 0 bridgehead atoms. The van der Waals surface area contributed by atoms with Gasteiger partial charge in [0, 0.05) is 15.4 Å². The van der Waals surface area contributed by atoms with Gasteiger partial charge in [-0.25, -0.2) is 0 Å². The van der Waals surface area contributed by atoms with Gasteiger partial charge in [0.2, 0.25) is 0 Å². The monoisotopic (exact) mass is 402 g/mol. The molecule has 6 heteroatoms. The molecule has 0 aliphatic heterocycles. The van der Waals surface area contributed by atoms with Crippen LogP contribution in [0.2, 0.25) is 5.02 Å². The average Bonchev–Trinajstić information content (AvgIpc) is 2.45. The maximum Gasteiger partial charge on any atom is 0.264 e. The number of hydrogen-bond donors (Lipinski definition) is 0. The molecule has 0 saturated heterocycles. The van der Waals surface area contributed by atoms with Crippen LogP contribution in [0.5, 0.6) is 0 Å². The van der Waals surface area contributed by atoms with Gasteiger partial charge in [-0.3, -0.25) is 4.18 Å². The van der Waals surface area contributed by atoms with E-state index in [0.29, 0.717) is 11.4 Å². The summed E-state index contributed by atoms with van der Waals surface area (Å²) in [5.41, 5.74) is 2.09. The molecule has 0 fully saturated rings. The molecule has 0 N–H and O–H groups in total. The summed E-state index contributed by atoms with van der Waals surface area (Å²) in [6, 6.07) is 15.3. The molecule has 0 amide bonds. The lowest BCUT2D eigenvalue weighted by molar-refractivity contribution is 0.293. The predicted octanol–water partition coefficient (Wildman–Crippen LogP) is 4.41. The lowest BCUT2D eigenvalue weighted by Crippen LogP contribution is -2.15. The van der Waals surface area contributed by atoms with Crippen LogP contribution in [0.3, 0.4) is 0 Å². The van der Waals surface area contributed by atoms with E-state index in [2.05, 4.69) is 15.9 Å². The van der Waals surface area contributed by atoms with Crippen LogP contribution < -0.4 is 0 Å². The van der Waals surface area contributed by atoms with Gasteiger partial charge in [0.25, 0.3) is 10.1 Å². The van der Waals surface area contributed by atoms with Gasteiger partial charge in [0.1, 0.15) is 0 Å². The highest BCUT2D eigenvalue weighted by Crippen LogP contribution is 2.29. The molecular weight excluding hydrogens is 388 g/mol. The molecule has 0 aromatic heterocycles. The zero-order valence-electron chi connectivity index (χ0n) is 12.0. The molecule has 0 heterocycles. The van der Waals surface area contributed by atoms with Crippen LogP contribution in [0.25, 0.3) is 0 Å². The normalized spacial score (nSPS) is 13.0. The Morgan fingerprint density at radius 1 is 1.14 bits per heavy atom. The van der Waals surface area contributed by atoms with Gasteiger partial charge in [-0.05, 0) is 35.7 Å². The number of halogens is 2. The van der Waals surface area contributed by atoms with E-state index in [4.69, 9.17) is 15.8 Å². The first-order chi connectivity index (χ1) is 10.3. The second kappa shape index (κ2) is 7.59. The number of rotatable bonds is 6. The zero-order chi connectivity index (χ0) is 16.2. The minimum absolute atomic E-state index is 0.0773. The minimum Gasteiger partial charge on any atom is -0.270 e. The van der Waals surface area contributed by atoms with Crippen LogP contribution in [0, 0.1) is 0 Å². The molecule has 0 unspecified atom stereocenters. The predicted molar refractivity (Wildman–Crippen MR) is 92.8 cm³/mol. The van der Waals surface area contributed by atoms with Crippen molar-refractivity contribution in [2.45, 2.75) is 12.3 Å². The van der Waals surface area contributed by atoms with Crippen molar-refractivity contribution in [1.29, 1.82) is 0 Å². The molecule has 2 aromatic carbocycles. The lowest BCUT2D eigenvalue weighted by atomic mass is 9.93. The van der Waals surface area contributed by atoms with Gasteiger partial charge < -0.3 is 0 Å². The summed E-state index contributed by atoms with van der Waals surface area (Å²) in [6.07, 6.45) is 1.72. The highest BCUT2D eigenvalue weighted by Gasteiger charge is 2.18. The first-order valence-electron chi connectivity index (χ1n) is 6.68. The lowest BCUT2D eigenvalue weighted by Gasteiger charge is -2.18. The second-order valence-corrected chi connectivity index (χ2v) is 7.97. The molecule has 2 rings (SSSR count). The molecule has 0 aliphatic carbocycles. The van der Waals surface area contributed by atoms with E-state index in [-0.39, 0.29) is 12.5 Å². The summed E-state index contributed by atoms with van der Waals surface area (Å²) in [5.74, 6) is -0.0773. The maximum atomic E-state index is 11.3. The summed E-state index contributed by atoms with van der Waals surface area (Å²) in [7, 11) is -3.48. The highest BCUT2D eigenvalue weighted by molar-refractivity contribution is 9.10. The minimum atomic E-state index is -3.48. The average molecular weight is 404 g/mol. The molecule has 2 aromatic rings. The van der Waals surface area contributed by atoms with E-state index >= 15 is 0 Å². The van der Waals surface area contributed by atoms with E-state index in [0.717, 1.165) is 21.9 Å². The Bertz CT molecular complexity index is 729. The van der Waals surface area contributed by atoms with Crippen LogP contribution in [-0.2, 0) is 20.7 Å². The van der Waals surface area contributed by atoms with E-state index in [1.807, 2.05) is 48.5 Å². The molecule has 0 radical (unpaired) electrons. The topological polar surface area (TPSA) is 43.4 Å². The van der Waals surface area contributed by atoms with Crippen molar-refractivity contribution in [2.24, 2.45) is 0 Å². The van der Waals surface area contributed by atoms with Crippen LogP contribution in [0.15, 0.2) is 53.0 Å². The number of benzene rings is 2. The van der Waals surface area contributed by atoms with Crippen molar-refractivity contribution in [3.63, 3.8) is 0 Å². The van der Waals surface area contributed by atoms with Gasteiger partial charge in [-0.15, -0.1) is 0 Å². The summed E-state index contributed by atoms with van der Waals surface area (Å²) in [5, 5.41) is 0.675. The van der Waals surface area contributed by atoms with Crippen LogP contribution in [0.4, 0.5) is 0 Å². The van der Waals surface area contributed by atoms with Gasteiger partial charge >= 0.3 is 0 Å². The van der Waals surface area contributed by atoms with Crippen molar-refractivity contribution in [3.05, 3.63) is 69.2 Å². The van der Waals surface area contributed by atoms with E-state index in [1.54, 1.807) is 0 Å². The van der Waals surface area contributed by atoms with E-state index in [1.165, 1.54) is 0 Å². The molecule has 1 atom stereocenters. The summed E-state index contributed by atoms with van der Waals surface area (Å²) in [6.45, 7) is 0.101. The fourth-order valence-corrected chi connectivity index (χ4v) is 3.32. The molecule has 3 nitrogen and oxygen atoms in total. The standard InChI is InChI=1S/C16H16BrClO3S/c1-22(19,20)21-11-13(15-4-2-3-5-16(15)17)10-12-6-8-14(18)9-7-12/h2-9,13H,10-11H2,1H3/t13-/m1/s1. The Hall–Kier alpha value is -0.880. The first kappa shape index (κ1) is 17.5. The molecule has 0 aliphatic rings. The molecular formula is C16H16BrClO3S. The fraction of sp³-hybridized carbons (Fsp3) is 0.250. The summed E-state index contributed by atoms with van der Waals surface area (Å²) >= 11 is 9.42. The maximum absolute atomic E-state index is 11.3.